The SMILES string of the molecule is O=C(CCc1ccco1)c1cc(Br)ccc1F. The van der Waals surface area contributed by atoms with Crippen LogP contribution in [-0.4, -0.2) is 5.78 Å². The third-order valence-corrected chi connectivity index (χ3v) is 2.90. The van der Waals surface area contributed by atoms with Gasteiger partial charge >= 0.3 is 0 Å². The molecule has 0 saturated heterocycles. The first-order chi connectivity index (χ1) is 8.16. The Morgan fingerprint density at radius 3 is 2.88 bits per heavy atom. The fraction of sp³-hybridized carbons (Fsp3) is 0.154. The Balaban J connectivity index is 2.07. The third kappa shape index (κ3) is 3.03. The van der Waals surface area contributed by atoms with Gasteiger partial charge in [0.2, 0.25) is 0 Å². The number of hydrogen-bond donors (Lipinski definition) is 0. The number of carbonyl (C=O) groups is 1. The van der Waals surface area contributed by atoms with Crippen molar-refractivity contribution in [1.82, 2.24) is 0 Å². The highest BCUT2D eigenvalue weighted by Gasteiger charge is 2.12. The fourth-order valence-electron chi connectivity index (χ4n) is 1.54. The molecule has 0 saturated carbocycles. The van der Waals surface area contributed by atoms with Crippen LogP contribution in [0, 0.1) is 5.82 Å². The Kier molecular flexibility index (Phi) is 3.74. The van der Waals surface area contributed by atoms with E-state index in [9.17, 15) is 9.18 Å². The molecule has 0 radical (unpaired) electrons. The molecule has 0 N–H and O–H groups in total. The Hall–Kier alpha value is -1.42. The molecule has 2 nitrogen and oxygen atoms in total. The lowest BCUT2D eigenvalue weighted by Gasteiger charge is -2.02. The summed E-state index contributed by atoms with van der Waals surface area (Å²) >= 11 is 3.22. The standard InChI is InChI=1S/C13H10BrFO2/c14-9-3-5-12(15)11(8-9)13(16)6-4-10-2-1-7-17-10/h1-3,5,7-8H,4,6H2. The summed E-state index contributed by atoms with van der Waals surface area (Å²) in [4.78, 5) is 11.8. The quantitative estimate of drug-likeness (QED) is 0.799. The zero-order valence-electron chi connectivity index (χ0n) is 8.95. The van der Waals surface area contributed by atoms with Gasteiger partial charge in [0.25, 0.3) is 0 Å². The number of hydrogen-bond acceptors (Lipinski definition) is 2. The van der Waals surface area contributed by atoms with Crippen molar-refractivity contribution in [1.29, 1.82) is 0 Å². The molecular weight excluding hydrogens is 287 g/mol. The smallest absolute Gasteiger partial charge is 0.166 e. The van der Waals surface area contributed by atoms with Crippen LogP contribution in [0.5, 0.6) is 0 Å². The summed E-state index contributed by atoms with van der Waals surface area (Å²) in [5.41, 5.74) is 0.117. The molecule has 0 atom stereocenters. The van der Waals surface area contributed by atoms with Crippen molar-refractivity contribution >= 4 is 21.7 Å². The van der Waals surface area contributed by atoms with E-state index in [1.165, 1.54) is 12.1 Å². The zero-order chi connectivity index (χ0) is 12.3. The van der Waals surface area contributed by atoms with E-state index in [1.807, 2.05) is 0 Å². The largest absolute Gasteiger partial charge is 0.469 e. The summed E-state index contributed by atoms with van der Waals surface area (Å²) in [5.74, 6) is 0.0200. The van der Waals surface area contributed by atoms with Gasteiger partial charge in [-0.2, -0.15) is 0 Å². The lowest BCUT2D eigenvalue weighted by atomic mass is 10.1. The van der Waals surface area contributed by atoms with Crippen LogP contribution in [0.4, 0.5) is 4.39 Å². The van der Waals surface area contributed by atoms with Crippen molar-refractivity contribution in [2.24, 2.45) is 0 Å². The first-order valence-corrected chi connectivity index (χ1v) is 5.97. The minimum Gasteiger partial charge on any atom is -0.469 e. The van der Waals surface area contributed by atoms with Crippen LogP contribution < -0.4 is 0 Å². The lowest BCUT2D eigenvalue weighted by molar-refractivity contribution is 0.0977. The molecule has 0 aliphatic carbocycles. The molecule has 88 valence electrons. The van der Waals surface area contributed by atoms with Crippen LogP contribution in [0.15, 0.2) is 45.5 Å². The molecule has 0 amide bonds. The predicted octanol–water partition coefficient (Wildman–Crippen LogP) is 4.00. The Labute approximate surface area is 107 Å². The summed E-state index contributed by atoms with van der Waals surface area (Å²) in [6.45, 7) is 0. The number of Topliss-reactive ketones (excluding diaryl/α,β-unsaturated/α-hetero) is 1. The van der Waals surface area contributed by atoms with Crippen molar-refractivity contribution in [3.05, 3.63) is 58.2 Å². The average Bonchev–Trinajstić information content (AvgIpc) is 2.82. The van der Waals surface area contributed by atoms with Gasteiger partial charge in [0.15, 0.2) is 5.78 Å². The molecule has 4 heteroatoms. The predicted molar refractivity (Wildman–Crippen MR) is 65.5 cm³/mol. The molecule has 17 heavy (non-hydrogen) atoms. The lowest BCUT2D eigenvalue weighted by Crippen LogP contribution is -2.03. The summed E-state index contributed by atoms with van der Waals surface area (Å²) < 4.78 is 19.2. The molecule has 1 heterocycles. The van der Waals surface area contributed by atoms with Crippen LogP contribution in [0.1, 0.15) is 22.5 Å². The monoisotopic (exact) mass is 296 g/mol. The van der Waals surface area contributed by atoms with E-state index in [0.29, 0.717) is 10.9 Å². The maximum atomic E-state index is 13.4. The zero-order valence-corrected chi connectivity index (χ0v) is 10.5. The van der Waals surface area contributed by atoms with Gasteiger partial charge in [-0.15, -0.1) is 0 Å². The van der Waals surface area contributed by atoms with Gasteiger partial charge in [0.1, 0.15) is 11.6 Å². The van der Waals surface area contributed by atoms with Crippen LogP contribution in [-0.2, 0) is 6.42 Å². The van der Waals surface area contributed by atoms with Crippen molar-refractivity contribution in [2.75, 3.05) is 0 Å². The maximum Gasteiger partial charge on any atom is 0.166 e. The number of carbonyl (C=O) groups excluding carboxylic acids is 1. The van der Waals surface area contributed by atoms with Gasteiger partial charge in [-0.25, -0.2) is 4.39 Å². The van der Waals surface area contributed by atoms with Crippen LogP contribution in [0.2, 0.25) is 0 Å². The van der Waals surface area contributed by atoms with Crippen LogP contribution >= 0.6 is 15.9 Å². The van der Waals surface area contributed by atoms with E-state index in [-0.39, 0.29) is 17.8 Å². The number of aryl methyl sites for hydroxylation is 1. The minimum atomic E-state index is -0.488. The van der Waals surface area contributed by atoms with Gasteiger partial charge in [0.05, 0.1) is 11.8 Å². The Bertz CT molecular complexity index is 520. The summed E-state index contributed by atoms with van der Waals surface area (Å²) in [5, 5.41) is 0. The molecule has 2 rings (SSSR count). The maximum absolute atomic E-state index is 13.4. The number of rotatable bonds is 4. The van der Waals surface area contributed by atoms with Gasteiger partial charge in [-0.05, 0) is 30.3 Å². The number of furan rings is 1. The highest BCUT2D eigenvalue weighted by molar-refractivity contribution is 9.10. The molecule has 0 unspecified atom stereocenters. The van der Waals surface area contributed by atoms with E-state index < -0.39 is 5.82 Å². The van der Waals surface area contributed by atoms with Gasteiger partial charge in [-0.1, -0.05) is 15.9 Å². The van der Waals surface area contributed by atoms with E-state index in [2.05, 4.69) is 15.9 Å². The summed E-state index contributed by atoms with van der Waals surface area (Å²) in [6, 6.07) is 7.91. The van der Waals surface area contributed by atoms with Crippen molar-refractivity contribution in [3.63, 3.8) is 0 Å². The Morgan fingerprint density at radius 1 is 1.35 bits per heavy atom. The topological polar surface area (TPSA) is 30.2 Å². The van der Waals surface area contributed by atoms with Crippen LogP contribution in [0.25, 0.3) is 0 Å². The van der Waals surface area contributed by atoms with E-state index in [4.69, 9.17) is 4.42 Å². The second-order valence-electron chi connectivity index (χ2n) is 3.63. The highest BCUT2D eigenvalue weighted by Crippen LogP contribution is 2.18. The van der Waals surface area contributed by atoms with E-state index in [1.54, 1.807) is 24.5 Å². The van der Waals surface area contributed by atoms with Crippen molar-refractivity contribution in [3.8, 4) is 0 Å². The molecule has 2 aromatic rings. The van der Waals surface area contributed by atoms with Crippen LogP contribution in [0.3, 0.4) is 0 Å². The van der Waals surface area contributed by atoms with Crippen molar-refractivity contribution in [2.45, 2.75) is 12.8 Å². The summed E-state index contributed by atoms with van der Waals surface area (Å²) in [7, 11) is 0. The third-order valence-electron chi connectivity index (χ3n) is 2.41. The molecular formula is C13H10BrFO2. The number of benzene rings is 1. The first-order valence-electron chi connectivity index (χ1n) is 5.17. The molecule has 0 spiro atoms. The molecule has 0 bridgehead atoms. The molecule has 1 aromatic heterocycles. The van der Waals surface area contributed by atoms with Crippen molar-refractivity contribution < 1.29 is 13.6 Å². The minimum absolute atomic E-state index is 0.117. The second-order valence-corrected chi connectivity index (χ2v) is 4.54. The highest BCUT2D eigenvalue weighted by atomic mass is 79.9. The van der Waals surface area contributed by atoms with E-state index in [0.717, 1.165) is 5.76 Å². The second kappa shape index (κ2) is 5.27. The van der Waals surface area contributed by atoms with Gasteiger partial charge in [0, 0.05) is 17.3 Å². The number of ketones is 1. The molecule has 1 aromatic carbocycles. The number of halogens is 2. The van der Waals surface area contributed by atoms with Gasteiger partial charge in [-0.3, -0.25) is 4.79 Å². The van der Waals surface area contributed by atoms with Gasteiger partial charge < -0.3 is 4.42 Å². The normalized spacial score (nSPS) is 10.5. The van der Waals surface area contributed by atoms with E-state index >= 15 is 0 Å². The molecule has 0 aliphatic rings. The Morgan fingerprint density at radius 2 is 2.18 bits per heavy atom. The average molecular weight is 297 g/mol. The molecule has 0 aliphatic heterocycles. The molecule has 0 fully saturated rings. The fourth-order valence-corrected chi connectivity index (χ4v) is 1.90. The first kappa shape index (κ1) is 12.0. The summed E-state index contributed by atoms with van der Waals surface area (Å²) in [6.07, 6.45) is 2.28.